The van der Waals surface area contributed by atoms with Crippen LogP contribution in [-0.2, 0) is 25.1 Å². The molecular formula is C24H24F2N6O2S. The van der Waals surface area contributed by atoms with Crippen LogP contribution in [0.15, 0.2) is 49.2 Å². The number of rotatable bonds is 7. The molecule has 182 valence electrons. The van der Waals surface area contributed by atoms with Crippen molar-refractivity contribution in [3.8, 4) is 16.5 Å². The lowest BCUT2D eigenvalue weighted by Gasteiger charge is -2.42. The van der Waals surface area contributed by atoms with Gasteiger partial charge < -0.3 is 9.84 Å². The number of aromatic nitrogens is 5. The first-order valence-electron chi connectivity index (χ1n) is 11.1. The van der Waals surface area contributed by atoms with Crippen molar-refractivity contribution in [1.29, 1.82) is 0 Å². The second kappa shape index (κ2) is 9.40. The molecule has 1 N–H and O–H groups in total. The minimum absolute atomic E-state index is 0.0157. The van der Waals surface area contributed by atoms with Crippen molar-refractivity contribution < 1.29 is 18.6 Å². The Morgan fingerprint density at radius 2 is 2.11 bits per heavy atom. The van der Waals surface area contributed by atoms with Crippen LogP contribution in [0.25, 0.3) is 10.6 Å². The zero-order valence-corrected chi connectivity index (χ0v) is 20.0. The number of aliphatic hydroxyl groups is 1. The number of halogens is 2. The third kappa shape index (κ3) is 4.54. The van der Waals surface area contributed by atoms with Gasteiger partial charge in [-0.25, -0.2) is 28.4 Å². The third-order valence-electron chi connectivity index (χ3n) is 6.46. The lowest BCUT2D eigenvalue weighted by atomic mass is 9.85. The normalized spacial score (nSPS) is 16.5. The summed E-state index contributed by atoms with van der Waals surface area (Å²) in [6.07, 6.45) is 5.24. The highest BCUT2D eigenvalue weighted by molar-refractivity contribution is 7.15. The minimum atomic E-state index is -1.68. The molecule has 4 aromatic rings. The zero-order chi connectivity index (χ0) is 24.6. The average Bonchev–Trinajstić information content (AvgIpc) is 3.52. The smallest absolute Gasteiger partial charge is 0.212 e. The largest absolute Gasteiger partial charge is 0.481 e. The first-order chi connectivity index (χ1) is 16.9. The minimum Gasteiger partial charge on any atom is -0.481 e. The van der Waals surface area contributed by atoms with E-state index in [1.807, 2.05) is 13.0 Å². The van der Waals surface area contributed by atoms with Gasteiger partial charge in [-0.05, 0) is 19.1 Å². The highest BCUT2D eigenvalue weighted by Crippen LogP contribution is 2.37. The van der Waals surface area contributed by atoms with Crippen LogP contribution in [0.4, 0.5) is 8.78 Å². The van der Waals surface area contributed by atoms with Gasteiger partial charge in [-0.2, -0.15) is 5.10 Å². The van der Waals surface area contributed by atoms with Gasteiger partial charge in [-0.3, -0.25) is 4.90 Å². The van der Waals surface area contributed by atoms with Crippen molar-refractivity contribution in [3.05, 3.63) is 77.0 Å². The fourth-order valence-electron chi connectivity index (χ4n) is 4.44. The number of benzene rings is 1. The molecule has 3 aromatic heterocycles. The molecule has 0 unspecified atom stereocenters. The van der Waals surface area contributed by atoms with E-state index < -0.39 is 23.3 Å². The van der Waals surface area contributed by atoms with Crippen LogP contribution in [-0.4, -0.2) is 54.4 Å². The van der Waals surface area contributed by atoms with Crippen LogP contribution >= 0.6 is 11.3 Å². The molecule has 0 aliphatic carbocycles. The molecule has 1 aliphatic heterocycles. The Balaban J connectivity index is 1.44. The van der Waals surface area contributed by atoms with Crippen molar-refractivity contribution in [1.82, 2.24) is 29.6 Å². The van der Waals surface area contributed by atoms with E-state index in [-0.39, 0.29) is 12.1 Å². The van der Waals surface area contributed by atoms with Gasteiger partial charge in [0.2, 0.25) is 5.88 Å². The van der Waals surface area contributed by atoms with Crippen LogP contribution in [0, 0.1) is 11.6 Å². The van der Waals surface area contributed by atoms with E-state index in [1.54, 1.807) is 30.7 Å². The molecule has 2 atom stereocenters. The molecule has 0 spiro atoms. The predicted molar refractivity (Wildman–Crippen MR) is 126 cm³/mol. The van der Waals surface area contributed by atoms with E-state index in [4.69, 9.17) is 9.72 Å². The van der Waals surface area contributed by atoms with Gasteiger partial charge in [0, 0.05) is 59.9 Å². The maximum absolute atomic E-state index is 14.9. The summed E-state index contributed by atoms with van der Waals surface area (Å²) in [5.41, 5.74) is 0.246. The summed E-state index contributed by atoms with van der Waals surface area (Å²) in [4.78, 5) is 16.2. The molecule has 0 amide bonds. The first-order valence-corrected chi connectivity index (χ1v) is 11.9. The van der Waals surface area contributed by atoms with E-state index in [2.05, 4.69) is 20.0 Å². The molecule has 0 saturated heterocycles. The van der Waals surface area contributed by atoms with Gasteiger partial charge in [0.1, 0.15) is 34.9 Å². The number of hydrogen-bond acceptors (Lipinski definition) is 8. The summed E-state index contributed by atoms with van der Waals surface area (Å²) in [5.74, 6) is -0.964. The first kappa shape index (κ1) is 23.5. The van der Waals surface area contributed by atoms with Crippen LogP contribution in [0.3, 0.4) is 0 Å². The van der Waals surface area contributed by atoms with Gasteiger partial charge in [0.15, 0.2) is 0 Å². The maximum Gasteiger partial charge on any atom is 0.212 e. The van der Waals surface area contributed by atoms with E-state index in [0.29, 0.717) is 25.4 Å². The molecule has 5 rings (SSSR count). The van der Waals surface area contributed by atoms with Crippen molar-refractivity contribution in [3.63, 3.8) is 0 Å². The molecule has 35 heavy (non-hydrogen) atoms. The van der Waals surface area contributed by atoms with Crippen molar-refractivity contribution in [2.75, 3.05) is 13.7 Å². The molecule has 0 bridgehead atoms. The van der Waals surface area contributed by atoms with E-state index in [0.717, 1.165) is 33.3 Å². The van der Waals surface area contributed by atoms with Crippen molar-refractivity contribution in [2.45, 2.75) is 38.1 Å². The number of fused-ring (bicyclic) bond motifs is 1. The zero-order valence-electron chi connectivity index (χ0n) is 19.2. The van der Waals surface area contributed by atoms with E-state index in [9.17, 15) is 13.9 Å². The summed E-state index contributed by atoms with van der Waals surface area (Å²) in [7, 11) is 1.57. The molecule has 11 heteroatoms. The standard InChI is InChI=1S/C24H24F2N6O2S/c1-15(24(33,12-32-14-27-13-29-32)18-5-4-17(25)9-19(18)26)31-8-7-20-21(11-31)35-23(30-20)16-3-6-22(34-2)28-10-16/h3-6,9-10,13-15,33H,7-8,11-12H2,1-2H3/t15-,24-/m1/s1. The number of thiazole rings is 1. The Morgan fingerprint density at radius 1 is 1.26 bits per heavy atom. The topological polar surface area (TPSA) is 89.2 Å². The van der Waals surface area contributed by atoms with Crippen molar-refractivity contribution >= 4 is 11.3 Å². The second-order valence-electron chi connectivity index (χ2n) is 8.52. The van der Waals surface area contributed by atoms with E-state index in [1.165, 1.54) is 23.4 Å². The summed E-state index contributed by atoms with van der Waals surface area (Å²) in [5, 5.41) is 16.9. The van der Waals surface area contributed by atoms with Gasteiger partial charge in [-0.1, -0.05) is 6.07 Å². The second-order valence-corrected chi connectivity index (χ2v) is 9.60. The molecule has 1 aliphatic rings. The number of ether oxygens (including phenoxy) is 1. The lowest BCUT2D eigenvalue weighted by Crippen LogP contribution is -2.53. The SMILES string of the molecule is COc1ccc(-c2nc3c(s2)CN([C@H](C)[C@](O)(Cn2cncn2)c2ccc(F)cc2F)CC3)cn1. The van der Waals surface area contributed by atoms with Gasteiger partial charge in [0.05, 0.1) is 19.3 Å². The Hall–Kier alpha value is -3.28. The summed E-state index contributed by atoms with van der Waals surface area (Å²) >= 11 is 1.57. The Kier molecular flexibility index (Phi) is 6.30. The van der Waals surface area contributed by atoms with Crippen LogP contribution in [0.5, 0.6) is 5.88 Å². The highest BCUT2D eigenvalue weighted by atomic mass is 32.1. The monoisotopic (exact) mass is 498 g/mol. The lowest BCUT2D eigenvalue weighted by molar-refractivity contribution is -0.0675. The Labute approximate surface area is 204 Å². The van der Waals surface area contributed by atoms with Crippen LogP contribution in [0.2, 0.25) is 0 Å². The molecule has 0 saturated carbocycles. The quantitative estimate of drug-likeness (QED) is 0.418. The Morgan fingerprint density at radius 3 is 2.80 bits per heavy atom. The fraction of sp³-hybridized carbons (Fsp3) is 0.333. The van der Waals surface area contributed by atoms with Gasteiger partial charge >= 0.3 is 0 Å². The molecule has 0 radical (unpaired) electrons. The fourth-order valence-corrected chi connectivity index (χ4v) is 5.57. The van der Waals surface area contributed by atoms with Gasteiger partial charge in [0.25, 0.3) is 0 Å². The summed E-state index contributed by atoms with van der Waals surface area (Å²) in [6, 6.07) is 6.45. The third-order valence-corrected chi connectivity index (χ3v) is 7.59. The summed E-state index contributed by atoms with van der Waals surface area (Å²) < 4.78 is 35.1. The molecule has 1 aromatic carbocycles. The number of nitrogens with zero attached hydrogens (tertiary/aromatic N) is 6. The number of methoxy groups -OCH3 is 1. The highest BCUT2D eigenvalue weighted by Gasteiger charge is 2.43. The van der Waals surface area contributed by atoms with Crippen molar-refractivity contribution in [2.24, 2.45) is 0 Å². The van der Waals surface area contributed by atoms with Gasteiger partial charge in [-0.15, -0.1) is 11.3 Å². The number of pyridine rings is 1. The predicted octanol–water partition coefficient (Wildman–Crippen LogP) is 3.42. The molecular weight excluding hydrogens is 474 g/mol. The molecule has 4 heterocycles. The molecule has 8 nitrogen and oxygen atoms in total. The molecule has 0 fully saturated rings. The average molecular weight is 499 g/mol. The van der Waals surface area contributed by atoms with Crippen LogP contribution < -0.4 is 4.74 Å². The maximum atomic E-state index is 14.9. The summed E-state index contributed by atoms with van der Waals surface area (Å²) in [6.45, 7) is 2.98. The van der Waals surface area contributed by atoms with E-state index >= 15 is 0 Å². The Bertz CT molecular complexity index is 1310. The van der Waals surface area contributed by atoms with Crippen LogP contribution in [0.1, 0.15) is 23.1 Å². The number of hydrogen-bond donors (Lipinski definition) is 1.